The first-order chi connectivity index (χ1) is 4.75. The third kappa shape index (κ3) is 1.34. The number of hydrogen-bond acceptors (Lipinski definition) is 0. The molecule has 1 saturated carbocycles. The van der Waals surface area contributed by atoms with Crippen LogP contribution in [0, 0.1) is 30.1 Å². The molecule has 0 saturated heterocycles. The third-order valence-electron chi connectivity index (χ3n) is 2.74. The van der Waals surface area contributed by atoms with Crippen LogP contribution in [0.1, 0.15) is 33.1 Å². The van der Waals surface area contributed by atoms with Gasteiger partial charge in [0.2, 0.25) is 0 Å². The molecule has 2 unspecified atom stereocenters. The molecular formula is C10H16. The Labute approximate surface area is 64.0 Å². The lowest BCUT2D eigenvalue weighted by Crippen LogP contribution is -2.22. The maximum atomic E-state index is 5.43. The summed E-state index contributed by atoms with van der Waals surface area (Å²) in [5.41, 5.74) is 0. The zero-order valence-corrected chi connectivity index (χ0v) is 6.93. The fourth-order valence-corrected chi connectivity index (χ4v) is 2.01. The lowest BCUT2D eigenvalue weighted by atomic mass is 9.74. The molecule has 1 aliphatic rings. The van der Waals surface area contributed by atoms with E-state index in [1.807, 2.05) is 0 Å². The summed E-state index contributed by atoms with van der Waals surface area (Å²) in [6, 6.07) is 0. The molecule has 0 aromatic heterocycles. The van der Waals surface area contributed by atoms with Gasteiger partial charge in [0.25, 0.3) is 0 Å². The summed E-state index contributed by atoms with van der Waals surface area (Å²) in [6.45, 7) is 4.56. The van der Waals surface area contributed by atoms with Gasteiger partial charge < -0.3 is 0 Å². The van der Waals surface area contributed by atoms with Crippen LogP contribution in [0.5, 0.6) is 0 Å². The van der Waals surface area contributed by atoms with Crippen molar-refractivity contribution in [1.82, 2.24) is 0 Å². The predicted octanol–water partition coefficient (Wildman–Crippen LogP) is 2.69. The SMILES string of the molecule is C#CC1C(C)CCCC1C. The molecule has 0 radical (unpaired) electrons. The average molecular weight is 136 g/mol. The topological polar surface area (TPSA) is 0 Å². The van der Waals surface area contributed by atoms with E-state index >= 15 is 0 Å². The predicted molar refractivity (Wildman–Crippen MR) is 44.5 cm³/mol. The minimum absolute atomic E-state index is 0.550. The maximum Gasteiger partial charge on any atom is 0.0251 e. The third-order valence-corrected chi connectivity index (χ3v) is 2.74. The highest BCUT2D eigenvalue weighted by Crippen LogP contribution is 2.33. The van der Waals surface area contributed by atoms with E-state index < -0.39 is 0 Å². The maximum absolute atomic E-state index is 5.43. The van der Waals surface area contributed by atoms with Gasteiger partial charge in [-0.1, -0.05) is 20.3 Å². The molecule has 0 heterocycles. The smallest absolute Gasteiger partial charge is 0.0251 e. The molecule has 0 amide bonds. The molecule has 0 nitrogen and oxygen atoms in total. The van der Waals surface area contributed by atoms with Crippen molar-refractivity contribution in [3.05, 3.63) is 0 Å². The molecule has 0 aromatic rings. The molecular weight excluding hydrogens is 120 g/mol. The van der Waals surface area contributed by atoms with Crippen molar-refractivity contribution in [2.24, 2.45) is 17.8 Å². The normalized spacial score (nSPS) is 40.7. The molecule has 0 heteroatoms. The Morgan fingerprint density at radius 2 is 1.70 bits per heavy atom. The zero-order chi connectivity index (χ0) is 7.56. The van der Waals surface area contributed by atoms with E-state index in [0.29, 0.717) is 5.92 Å². The Morgan fingerprint density at radius 1 is 1.20 bits per heavy atom. The lowest BCUT2D eigenvalue weighted by molar-refractivity contribution is 0.233. The minimum atomic E-state index is 0.550. The van der Waals surface area contributed by atoms with Gasteiger partial charge in [0.05, 0.1) is 0 Å². The second kappa shape index (κ2) is 3.10. The first kappa shape index (κ1) is 7.66. The van der Waals surface area contributed by atoms with Gasteiger partial charge in [-0.25, -0.2) is 0 Å². The molecule has 1 fully saturated rings. The van der Waals surface area contributed by atoms with Crippen LogP contribution in [0.3, 0.4) is 0 Å². The van der Waals surface area contributed by atoms with Crippen molar-refractivity contribution in [3.8, 4) is 12.3 Å². The van der Waals surface area contributed by atoms with Crippen LogP contribution < -0.4 is 0 Å². The van der Waals surface area contributed by atoms with Crippen LogP contribution in [-0.4, -0.2) is 0 Å². The molecule has 0 spiro atoms. The largest absolute Gasteiger partial charge is 0.120 e. The molecule has 1 aliphatic carbocycles. The van der Waals surface area contributed by atoms with Crippen molar-refractivity contribution < 1.29 is 0 Å². The van der Waals surface area contributed by atoms with Gasteiger partial charge in [-0.15, -0.1) is 12.3 Å². The van der Waals surface area contributed by atoms with Gasteiger partial charge in [0, 0.05) is 5.92 Å². The fourth-order valence-electron chi connectivity index (χ4n) is 2.01. The average Bonchev–Trinajstić information content (AvgIpc) is 1.88. The van der Waals surface area contributed by atoms with Crippen molar-refractivity contribution in [1.29, 1.82) is 0 Å². The van der Waals surface area contributed by atoms with Crippen molar-refractivity contribution in [2.75, 3.05) is 0 Å². The first-order valence-corrected chi connectivity index (χ1v) is 4.22. The second-order valence-corrected chi connectivity index (χ2v) is 3.58. The van der Waals surface area contributed by atoms with Crippen LogP contribution in [0.2, 0.25) is 0 Å². The zero-order valence-electron chi connectivity index (χ0n) is 6.93. The van der Waals surface area contributed by atoms with Gasteiger partial charge in [0.1, 0.15) is 0 Å². The van der Waals surface area contributed by atoms with Gasteiger partial charge in [0.15, 0.2) is 0 Å². The van der Waals surface area contributed by atoms with Crippen LogP contribution in [0.25, 0.3) is 0 Å². The molecule has 10 heavy (non-hydrogen) atoms. The monoisotopic (exact) mass is 136 g/mol. The quantitative estimate of drug-likeness (QED) is 0.449. The van der Waals surface area contributed by atoms with Gasteiger partial charge in [-0.2, -0.15) is 0 Å². The lowest BCUT2D eigenvalue weighted by Gasteiger charge is -2.30. The second-order valence-electron chi connectivity index (χ2n) is 3.58. The Kier molecular flexibility index (Phi) is 2.38. The van der Waals surface area contributed by atoms with Crippen molar-refractivity contribution >= 4 is 0 Å². The molecule has 56 valence electrons. The summed E-state index contributed by atoms with van der Waals surface area (Å²) >= 11 is 0. The highest BCUT2D eigenvalue weighted by molar-refractivity contribution is 4.99. The molecule has 0 aromatic carbocycles. The molecule has 1 rings (SSSR count). The van der Waals surface area contributed by atoms with Gasteiger partial charge in [-0.3, -0.25) is 0 Å². The standard InChI is InChI=1S/C10H16/c1-4-10-8(2)6-5-7-9(10)3/h1,8-10H,5-7H2,2-3H3. The van der Waals surface area contributed by atoms with E-state index in [1.165, 1.54) is 19.3 Å². The Morgan fingerprint density at radius 3 is 2.00 bits per heavy atom. The van der Waals surface area contributed by atoms with E-state index in [1.54, 1.807) is 0 Å². The fraction of sp³-hybridized carbons (Fsp3) is 0.800. The Bertz CT molecular complexity index is 131. The van der Waals surface area contributed by atoms with Crippen molar-refractivity contribution in [2.45, 2.75) is 33.1 Å². The number of terminal acetylenes is 1. The summed E-state index contributed by atoms with van der Waals surface area (Å²) in [5, 5.41) is 0. The Hall–Kier alpha value is -0.440. The number of rotatable bonds is 0. The van der Waals surface area contributed by atoms with Crippen LogP contribution in [0.4, 0.5) is 0 Å². The molecule has 0 bridgehead atoms. The molecule has 0 aliphatic heterocycles. The van der Waals surface area contributed by atoms with E-state index in [9.17, 15) is 0 Å². The van der Waals surface area contributed by atoms with E-state index in [2.05, 4.69) is 19.8 Å². The van der Waals surface area contributed by atoms with Crippen LogP contribution in [0.15, 0.2) is 0 Å². The summed E-state index contributed by atoms with van der Waals surface area (Å²) in [4.78, 5) is 0. The van der Waals surface area contributed by atoms with E-state index in [4.69, 9.17) is 6.42 Å². The summed E-state index contributed by atoms with van der Waals surface area (Å²) in [7, 11) is 0. The summed E-state index contributed by atoms with van der Waals surface area (Å²) in [6.07, 6.45) is 9.47. The van der Waals surface area contributed by atoms with Crippen LogP contribution >= 0.6 is 0 Å². The van der Waals surface area contributed by atoms with E-state index in [0.717, 1.165) is 11.8 Å². The minimum Gasteiger partial charge on any atom is -0.120 e. The molecule has 2 atom stereocenters. The van der Waals surface area contributed by atoms with E-state index in [-0.39, 0.29) is 0 Å². The van der Waals surface area contributed by atoms with Gasteiger partial charge in [-0.05, 0) is 24.7 Å². The Balaban J connectivity index is 2.56. The number of hydrogen-bond donors (Lipinski definition) is 0. The van der Waals surface area contributed by atoms with Gasteiger partial charge >= 0.3 is 0 Å². The van der Waals surface area contributed by atoms with Crippen molar-refractivity contribution in [3.63, 3.8) is 0 Å². The summed E-state index contributed by atoms with van der Waals surface area (Å²) in [5.74, 6) is 4.97. The summed E-state index contributed by atoms with van der Waals surface area (Å²) < 4.78 is 0. The van der Waals surface area contributed by atoms with Crippen LogP contribution in [-0.2, 0) is 0 Å². The first-order valence-electron chi connectivity index (χ1n) is 4.22. The highest BCUT2D eigenvalue weighted by atomic mass is 14.3. The molecule has 0 N–H and O–H groups in total. The highest BCUT2D eigenvalue weighted by Gasteiger charge is 2.25.